The number of hydrogen-bond donors (Lipinski definition) is 1. The van der Waals surface area contributed by atoms with Crippen LogP contribution in [0.3, 0.4) is 0 Å². The summed E-state index contributed by atoms with van der Waals surface area (Å²) >= 11 is 0. The molecule has 1 fully saturated rings. The largest absolute Gasteiger partial charge is 0.465 e. The smallest absolute Gasteiger partial charge is 0.339 e. The number of nitrogens with zero attached hydrogens (tertiary/aromatic N) is 1. The summed E-state index contributed by atoms with van der Waals surface area (Å²) in [5.74, 6) is -1.75. The molecular weight excluding hydrogens is 448 g/mol. The molecule has 1 saturated heterocycles. The van der Waals surface area contributed by atoms with Gasteiger partial charge in [0.25, 0.3) is 5.91 Å². The fourth-order valence-electron chi connectivity index (χ4n) is 3.44. The summed E-state index contributed by atoms with van der Waals surface area (Å²) in [5.41, 5.74) is 1.23. The maximum absolute atomic E-state index is 12.6. The molecule has 0 saturated carbocycles. The Bertz CT molecular complexity index is 1110. The van der Waals surface area contributed by atoms with Gasteiger partial charge < -0.3 is 14.8 Å². The number of carbonyl (C=O) groups is 3. The number of sulfonamides is 1. The molecule has 1 aliphatic rings. The van der Waals surface area contributed by atoms with Gasteiger partial charge in [-0.05, 0) is 49.1 Å². The highest BCUT2D eigenvalue weighted by Gasteiger charge is 2.26. The van der Waals surface area contributed by atoms with Crippen molar-refractivity contribution in [1.29, 1.82) is 0 Å². The number of benzene rings is 2. The molecule has 176 valence electrons. The summed E-state index contributed by atoms with van der Waals surface area (Å²) in [5, 5.41) is 2.52. The molecule has 0 spiro atoms. The first-order valence-corrected chi connectivity index (χ1v) is 12.0. The highest BCUT2D eigenvalue weighted by Crippen LogP contribution is 2.21. The lowest BCUT2D eigenvalue weighted by Crippen LogP contribution is -2.27. The van der Waals surface area contributed by atoms with Crippen LogP contribution in [0, 0.1) is 0 Å². The Hall–Kier alpha value is -3.24. The van der Waals surface area contributed by atoms with Crippen molar-refractivity contribution in [2.45, 2.75) is 30.6 Å². The molecule has 0 radical (unpaired) electrons. The Kier molecular flexibility index (Phi) is 8.18. The van der Waals surface area contributed by atoms with E-state index in [1.54, 1.807) is 42.5 Å². The van der Waals surface area contributed by atoms with Gasteiger partial charge in [-0.25, -0.2) is 13.2 Å². The molecule has 1 heterocycles. The van der Waals surface area contributed by atoms with Crippen LogP contribution in [0.1, 0.15) is 35.2 Å². The molecule has 2 aromatic carbocycles. The summed E-state index contributed by atoms with van der Waals surface area (Å²) in [6.45, 7) is 0.580. The predicted octanol–water partition coefficient (Wildman–Crippen LogP) is 2.37. The van der Waals surface area contributed by atoms with E-state index in [0.29, 0.717) is 19.5 Å². The van der Waals surface area contributed by atoms with E-state index in [4.69, 9.17) is 4.74 Å². The zero-order chi connectivity index (χ0) is 23.8. The normalized spacial score (nSPS) is 14.0. The van der Waals surface area contributed by atoms with Crippen LogP contribution < -0.4 is 5.32 Å². The van der Waals surface area contributed by atoms with Gasteiger partial charge in [-0.2, -0.15) is 4.31 Å². The molecule has 1 N–H and O–H groups in total. The fraction of sp³-hybridized carbons (Fsp3) is 0.348. The number of amides is 1. The summed E-state index contributed by atoms with van der Waals surface area (Å²) in [7, 11) is -2.23. The van der Waals surface area contributed by atoms with Crippen molar-refractivity contribution in [3.63, 3.8) is 0 Å². The molecule has 0 atom stereocenters. The van der Waals surface area contributed by atoms with Gasteiger partial charge in [-0.3, -0.25) is 9.59 Å². The zero-order valence-corrected chi connectivity index (χ0v) is 19.1. The number of aryl methyl sites for hydroxylation is 1. The van der Waals surface area contributed by atoms with E-state index in [1.807, 2.05) is 0 Å². The number of anilines is 1. The number of rotatable bonds is 9. The van der Waals surface area contributed by atoms with Crippen molar-refractivity contribution in [3.8, 4) is 0 Å². The Morgan fingerprint density at radius 3 is 2.33 bits per heavy atom. The zero-order valence-electron chi connectivity index (χ0n) is 18.3. The first-order chi connectivity index (χ1) is 15.8. The number of para-hydroxylation sites is 1. The van der Waals surface area contributed by atoms with Gasteiger partial charge in [-0.15, -0.1) is 0 Å². The number of esters is 2. The standard InChI is InChI=1S/C23H26N2O7S/c1-31-23(28)19-6-2-3-7-20(19)24-21(26)16-32-22(27)13-10-17-8-11-18(12-9-17)33(29,30)25-14-4-5-15-25/h2-3,6-9,11-12H,4-5,10,13-16H2,1H3,(H,24,26). The fourth-order valence-corrected chi connectivity index (χ4v) is 4.95. The molecule has 10 heteroatoms. The van der Waals surface area contributed by atoms with Crippen molar-refractivity contribution in [2.24, 2.45) is 0 Å². The summed E-state index contributed by atoms with van der Waals surface area (Å²) in [6, 6.07) is 12.8. The lowest BCUT2D eigenvalue weighted by atomic mass is 10.1. The number of carbonyl (C=O) groups excluding carboxylic acids is 3. The third-order valence-electron chi connectivity index (χ3n) is 5.21. The van der Waals surface area contributed by atoms with Crippen LogP contribution in [-0.2, 0) is 35.5 Å². The van der Waals surface area contributed by atoms with Crippen LogP contribution in [0.5, 0.6) is 0 Å². The van der Waals surface area contributed by atoms with E-state index in [2.05, 4.69) is 10.1 Å². The molecule has 0 aromatic heterocycles. The quantitative estimate of drug-likeness (QED) is 0.554. The second-order valence-electron chi connectivity index (χ2n) is 7.50. The van der Waals surface area contributed by atoms with Crippen LogP contribution in [-0.4, -0.2) is 57.4 Å². The average molecular weight is 475 g/mol. The first kappa shape index (κ1) is 24.4. The number of ether oxygens (including phenoxy) is 2. The van der Waals surface area contributed by atoms with E-state index in [9.17, 15) is 22.8 Å². The molecule has 2 aromatic rings. The molecule has 33 heavy (non-hydrogen) atoms. The van der Waals surface area contributed by atoms with E-state index in [0.717, 1.165) is 18.4 Å². The second kappa shape index (κ2) is 11.1. The summed E-state index contributed by atoms with van der Waals surface area (Å²) in [4.78, 5) is 36.1. The van der Waals surface area contributed by atoms with Gasteiger partial charge in [-0.1, -0.05) is 24.3 Å². The highest BCUT2D eigenvalue weighted by molar-refractivity contribution is 7.89. The second-order valence-corrected chi connectivity index (χ2v) is 9.44. The molecule has 0 unspecified atom stereocenters. The van der Waals surface area contributed by atoms with Gasteiger partial charge in [0.05, 0.1) is 23.3 Å². The minimum absolute atomic E-state index is 0.0320. The van der Waals surface area contributed by atoms with Gasteiger partial charge >= 0.3 is 11.9 Å². The molecule has 0 bridgehead atoms. The van der Waals surface area contributed by atoms with Crippen LogP contribution >= 0.6 is 0 Å². The van der Waals surface area contributed by atoms with Crippen LogP contribution in [0.4, 0.5) is 5.69 Å². The Morgan fingerprint density at radius 1 is 1.00 bits per heavy atom. The minimum Gasteiger partial charge on any atom is -0.465 e. The molecular formula is C23H26N2O7S. The highest BCUT2D eigenvalue weighted by atomic mass is 32.2. The summed E-state index contributed by atoms with van der Waals surface area (Å²) < 4.78 is 36.3. The van der Waals surface area contributed by atoms with Gasteiger partial charge in [0.1, 0.15) is 0 Å². The van der Waals surface area contributed by atoms with Crippen molar-refractivity contribution < 1.29 is 32.3 Å². The molecule has 3 rings (SSSR count). The number of nitrogens with one attached hydrogen (secondary N) is 1. The van der Waals surface area contributed by atoms with Gasteiger partial charge in [0.2, 0.25) is 10.0 Å². The van der Waals surface area contributed by atoms with Crippen molar-refractivity contribution in [2.75, 3.05) is 32.1 Å². The molecule has 1 amide bonds. The molecule has 1 aliphatic heterocycles. The monoisotopic (exact) mass is 474 g/mol. The van der Waals surface area contributed by atoms with Gasteiger partial charge in [0, 0.05) is 19.5 Å². The predicted molar refractivity (Wildman–Crippen MR) is 120 cm³/mol. The molecule has 9 nitrogen and oxygen atoms in total. The van der Waals surface area contributed by atoms with E-state index in [-0.39, 0.29) is 22.6 Å². The van der Waals surface area contributed by atoms with Crippen molar-refractivity contribution in [3.05, 3.63) is 59.7 Å². The Morgan fingerprint density at radius 2 is 1.67 bits per heavy atom. The topological polar surface area (TPSA) is 119 Å². The Balaban J connectivity index is 1.46. The first-order valence-electron chi connectivity index (χ1n) is 10.5. The lowest BCUT2D eigenvalue weighted by Gasteiger charge is -2.15. The maximum atomic E-state index is 12.6. The van der Waals surface area contributed by atoms with E-state index in [1.165, 1.54) is 17.5 Å². The van der Waals surface area contributed by atoms with Crippen molar-refractivity contribution in [1.82, 2.24) is 4.31 Å². The van der Waals surface area contributed by atoms with Crippen LogP contribution in [0.2, 0.25) is 0 Å². The summed E-state index contributed by atoms with van der Waals surface area (Å²) in [6.07, 6.45) is 2.12. The third-order valence-corrected chi connectivity index (χ3v) is 7.13. The van der Waals surface area contributed by atoms with Crippen LogP contribution in [0.15, 0.2) is 53.4 Å². The third kappa shape index (κ3) is 6.39. The number of methoxy groups -OCH3 is 1. The lowest BCUT2D eigenvalue weighted by molar-refractivity contribution is -0.147. The maximum Gasteiger partial charge on any atom is 0.339 e. The van der Waals surface area contributed by atoms with Crippen molar-refractivity contribution >= 4 is 33.6 Å². The average Bonchev–Trinajstić information content (AvgIpc) is 3.37. The van der Waals surface area contributed by atoms with E-state index < -0.39 is 34.5 Å². The van der Waals surface area contributed by atoms with E-state index >= 15 is 0 Å². The SMILES string of the molecule is COC(=O)c1ccccc1NC(=O)COC(=O)CCc1ccc(S(=O)(=O)N2CCCC2)cc1. The minimum atomic E-state index is -3.47. The Labute approximate surface area is 192 Å². The van der Waals surface area contributed by atoms with Crippen LogP contribution in [0.25, 0.3) is 0 Å². The molecule has 0 aliphatic carbocycles. The number of hydrogen-bond acceptors (Lipinski definition) is 7. The van der Waals surface area contributed by atoms with Gasteiger partial charge in [0.15, 0.2) is 6.61 Å².